The van der Waals surface area contributed by atoms with Crippen molar-refractivity contribution in [3.05, 3.63) is 90.0 Å². The predicted molar refractivity (Wildman–Crippen MR) is 120 cm³/mol. The molecular weight excluding hydrogens is 412 g/mol. The minimum absolute atomic E-state index is 0.0133. The second kappa shape index (κ2) is 7.35. The third-order valence-corrected chi connectivity index (χ3v) is 7.40. The summed E-state index contributed by atoms with van der Waals surface area (Å²) < 4.78 is 28.5. The molecule has 6 nitrogen and oxygen atoms in total. The lowest BCUT2D eigenvalue weighted by molar-refractivity contribution is 0.398. The van der Waals surface area contributed by atoms with Gasteiger partial charge < -0.3 is 15.5 Å². The van der Waals surface area contributed by atoms with Gasteiger partial charge in [-0.15, -0.1) is 0 Å². The zero-order valence-corrected chi connectivity index (χ0v) is 17.4. The molecule has 7 heteroatoms. The second-order valence-electron chi connectivity index (χ2n) is 7.94. The summed E-state index contributed by atoms with van der Waals surface area (Å²) in [5.74, 6) is 0.210. The van der Waals surface area contributed by atoms with Gasteiger partial charge in [0.2, 0.25) is 0 Å². The SMILES string of the molecule is O=S(=O)(Nc1ccccc1)c1ccc2c(c1)C1C=CCC1C(c1ccc(O)cc1O)N2. The van der Waals surface area contributed by atoms with Crippen molar-refractivity contribution >= 4 is 21.4 Å². The Morgan fingerprint density at radius 2 is 1.74 bits per heavy atom. The molecule has 4 N–H and O–H groups in total. The van der Waals surface area contributed by atoms with Gasteiger partial charge in [-0.3, -0.25) is 4.72 Å². The molecule has 0 saturated heterocycles. The fraction of sp³-hybridized carbons (Fsp3) is 0.167. The fourth-order valence-electron chi connectivity index (χ4n) is 4.56. The quantitative estimate of drug-likeness (QED) is 0.445. The molecule has 1 heterocycles. The molecular formula is C24H22N2O4S. The molecule has 3 unspecified atom stereocenters. The zero-order chi connectivity index (χ0) is 21.6. The van der Waals surface area contributed by atoms with E-state index in [2.05, 4.69) is 22.2 Å². The lowest BCUT2D eigenvalue weighted by Crippen LogP contribution is -2.29. The standard InChI is InChI=1S/C24H22N2O4S/c27-16-9-11-20(23(28)13-16)24-19-8-4-7-18(19)21-14-17(10-12-22(21)25-24)31(29,30)26-15-5-2-1-3-6-15/h1-7,9-14,18-19,24-28H,8H2. The Balaban J connectivity index is 1.51. The highest BCUT2D eigenvalue weighted by atomic mass is 32.2. The van der Waals surface area contributed by atoms with Crippen LogP contribution in [0.1, 0.15) is 29.5 Å². The average molecular weight is 435 g/mol. The smallest absolute Gasteiger partial charge is 0.261 e. The first-order valence-electron chi connectivity index (χ1n) is 10.1. The Morgan fingerprint density at radius 3 is 2.52 bits per heavy atom. The molecule has 0 bridgehead atoms. The highest BCUT2D eigenvalue weighted by Gasteiger charge is 2.39. The first-order chi connectivity index (χ1) is 14.9. The maximum atomic E-state index is 12.9. The molecule has 31 heavy (non-hydrogen) atoms. The van der Waals surface area contributed by atoms with Gasteiger partial charge in [-0.25, -0.2) is 8.42 Å². The molecule has 2 aliphatic rings. The van der Waals surface area contributed by atoms with Gasteiger partial charge in [0.05, 0.1) is 10.9 Å². The summed E-state index contributed by atoms with van der Waals surface area (Å²) in [6.45, 7) is 0. The topological polar surface area (TPSA) is 98.7 Å². The average Bonchev–Trinajstić information content (AvgIpc) is 3.24. The summed E-state index contributed by atoms with van der Waals surface area (Å²) in [5.41, 5.74) is 2.98. The van der Waals surface area contributed by atoms with Crippen LogP contribution >= 0.6 is 0 Å². The van der Waals surface area contributed by atoms with Crippen molar-refractivity contribution in [2.75, 3.05) is 10.0 Å². The van der Waals surface area contributed by atoms with Crippen molar-refractivity contribution in [3.63, 3.8) is 0 Å². The van der Waals surface area contributed by atoms with Gasteiger partial charge in [0.15, 0.2) is 0 Å². The van der Waals surface area contributed by atoms with E-state index in [0.717, 1.165) is 17.7 Å². The predicted octanol–water partition coefficient (Wildman–Crippen LogP) is 4.73. The van der Waals surface area contributed by atoms with Crippen molar-refractivity contribution < 1.29 is 18.6 Å². The number of sulfonamides is 1. The molecule has 0 saturated carbocycles. The number of fused-ring (bicyclic) bond motifs is 3. The van der Waals surface area contributed by atoms with Crippen LogP contribution in [0.15, 0.2) is 83.8 Å². The number of aromatic hydroxyl groups is 2. The lowest BCUT2D eigenvalue weighted by Gasteiger charge is -2.38. The van der Waals surface area contributed by atoms with Gasteiger partial charge in [-0.1, -0.05) is 30.4 Å². The number of rotatable bonds is 4. The van der Waals surface area contributed by atoms with Crippen LogP contribution in [-0.4, -0.2) is 18.6 Å². The molecule has 0 radical (unpaired) electrons. The maximum Gasteiger partial charge on any atom is 0.261 e. The van der Waals surface area contributed by atoms with Crippen LogP contribution < -0.4 is 10.0 Å². The monoisotopic (exact) mass is 434 g/mol. The van der Waals surface area contributed by atoms with Gasteiger partial charge in [0, 0.05) is 28.9 Å². The summed E-state index contributed by atoms with van der Waals surface area (Å²) in [7, 11) is -3.72. The van der Waals surface area contributed by atoms with Gasteiger partial charge >= 0.3 is 0 Å². The van der Waals surface area contributed by atoms with Crippen LogP contribution in [0.25, 0.3) is 0 Å². The van der Waals surface area contributed by atoms with Crippen LogP contribution in [0, 0.1) is 5.92 Å². The molecule has 3 aromatic rings. The van der Waals surface area contributed by atoms with Gasteiger partial charge in [-0.2, -0.15) is 0 Å². The first kappa shape index (κ1) is 19.5. The number of hydrogen-bond donors (Lipinski definition) is 4. The minimum atomic E-state index is -3.72. The summed E-state index contributed by atoms with van der Waals surface area (Å²) in [6.07, 6.45) is 5.01. The van der Waals surface area contributed by atoms with E-state index >= 15 is 0 Å². The van der Waals surface area contributed by atoms with E-state index in [-0.39, 0.29) is 34.3 Å². The number of allylic oxidation sites excluding steroid dienone is 2. The molecule has 0 aromatic heterocycles. The van der Waals surface area contributed by atoms with Crippen LogP contribution in [0.5, 0.6) is 11.5 Å². The fourth-order valence-corrected chi connectivity index (χ4v) is 5.66. The summed E-state index contributed by atoms with van der Waals surface area (Å²) in [5, 5.41) is 23.5. The molecule has 158 valence electrons. The number of anilines is 2. The Kier molecular flexibility index (Phi) is 4.63. The van der Waals surface area contributed by atoms with Gasteiger partial charge in [0.1, 0.15) is 11.5 Å². The molecule has 0 amide bonds. The molecule has 1 aliphatic heterocycles. The van der Waals surface area contributed by atoms with Crippen LogP contribution in [-0.2, 0) is 10.0 Å². The van der Waals surface area contributed by atoms with Crippen LogP contribution in [0.4, 0.5) is 11.4 Å². The largest absolute Gasteiger partial charge is 0.508 e. The third kappa shape index (κ3) is 3.51. The molecule has 0 spiro atoms. The summed E-state index contributed by atoms with van der Waals surface area (Å²) >= 11 is 0. The zero-order valence-electron chi connectivity index (χ0n) is 16.6. The van der Waals surface area contributed by atoms with Crippen LogP contribution in [0.3, 0.4) is 0 Å². The summed E-state index contributed by atoms with van der Waals surface area (Å²) in [4.78, 5) is 0.210. The van der Waals surface area contributed by atoms with E-state index in [1.54, 1.807) is 54.6 Å². The Bertz CT molecular complexity index is 1270. The minimum Gasteiger partial charge on any atom is -0.508 e. The number of phenols is 2. The van der Waals surface area contributed by atoms with Crippen molar-refractivity contribution in [1.82, 2.24) is 0 Å². The maximum absolute atomic E-state index is 12.9. The number of para-hydroxylation sites is 1. The highest BCUT2D eigenvalue weighted by molar-refractivity contribution is 7.92. The van der Waals surface area contributed by atoms with E-state index in [1.165, 1.54) is 6.07 Å². The van der Waals surface area contributed by atoms with Crippen LogP contribution in [0.2, 0.25) is 0 Å². The van der Waals surface area contributed by atoms with E-state index < -0.39 is 10.0 Å². The molecule has 3 aromatic carbocycles. The van der Waals surface area contributed by atoms with E-state index in [4.69, 9.17) is 0 Å². The molecule has 1 aliphatic carbocycles. The Hall–Kier alpha value is -3.45. The number of benzene rings is 3. The lowest BCUT2D eigenvalue weighted by atomic mass is 9.77. The van der Waals surface area contributed by atoms with Gasteiger partial charge in [0.25, 0.3) is 10.0 Å². The van der Waals surface area contributed by atoms with E-state index in [1.807, 2.05) is 6.07 Å². The number of nitrogens with one attached hydrogen (secondary N) is 2. The highest BCUT2D eigenvalue weighted by Crippen LogP contribution is 2.51. The Morgan fingerprint density at radius 1 is 0.935 bits per heavy atom. The van der Waals surface area contributed by atoms with Crippen molar-refractivity contribution in [2.45, 2.75) is 23.3 Å². The molecule has 3 atom stereocenters. The first-order valence-corrected chi connectivity index (χ1v) is 11.6. The number of phenolic OH excluding ortho intramolecular Hbond substituents is 2. The molecule has 5 rings (SSSR count). The Labute approximate surface area is 180 Å². The summed E-state index contributed by atoms with van der Waals surface area (Å²) in [6, 6.07) is 18.4. The third-order valence-electron chi connectivity index (χ3n) is 6.02. The van der Waals surface area contributed by atoms with Crippen molar-refractivity contribution in [1.29, 1.82) is 0 Å². The van der Waals surface area contributed by atoms with Crippen molar-refractivity contribution in [2.24, 2.45) is 5.92 Å². The second-order valence-corrected chi connectivity index (χ2v) is 9.62. The molecule has 0 fully saturated rings. The van der Waals surface area contributed by atoms with E-state index in [9.17, 15) is 18.6 Å². The number of hydrogen-bond acceptors (Lipinski definition) is 5. The normalized spacial score (nSPS) is 21.7. The van der Waals surface area contributed by atoms with Crippen molar-refractivity contribution in [3.8, 4) is 11.5 Å². The van der Waals surface area contributed by atoms with E-state index in [0.29, 0.717) is 11.3 Å². The van der Waals surface area contributed by atoms with Gasteiger partial charge in [-0.05, 0) is 60.4 Å².